The van der Waals surface area contributed by atoms with E-state index in [-0.39, 0.29) is 12.6 Å². The molecular formula is C8H13N3O2. The van der Waals surface area contributed by atoms with Crippen molar-refractivity contribution >= 4 is 6.03 Å². The minimum Gasteiger partial charge on any atom is -0.378 e. The molecule has 0 saturated carbocycles. The number of hydrogen-bond donors (Lipinski definition) is 0. The molecule has 0 aromatic carbocycles. The number of rotatable bonds is 1. The lowest BCUT2D eigenvalue weighted by Gasteiger charge is -2.29. The molecule has 0 aromatic rings. The summed E-state index contributed by atoms with van der Waals surface area (Å²) < 4.78 is 5.11. The summed E-state index contributed by atoms with van der Waals surface area (Å²) in [5.74, 6) is 0. The quantitative estimate of drug-likeness (QED) is 0.533. The first kappa shape index (κ1) is 9.81. The lowest BCUT2D eigenvalue weighted by molar-refractivity contribution is 0.0462. The number of urea groups is 1. The molecule has 72 valence electrons. The Morgan fingerprint density at radius 2 is 2.23 bits per heavy atom. The van der Waals surface area contributed by atoms with Crippen LogP contribution in [-0.2, 0) is 4.74 Å². The van der Waals surface area contributed by atoms with Gasteiger partial charge >= 0.3 is 6.03 Å². The summed E-state index contributed by atoms with van der Waals surface area (Å²) in [6.07, 6.45) is 0. The summed E-state index contributed by atoms with van der Waals surface area (Å²) in [6.45, 7) is 2.55. The molecule has 0 atom stereocenters. The fourth-order valence-corrected chi connectivity index (χ4v) is 1.17. The number of nitriles is 1. The highest BCUT2D eigenvalue weighted by Gasteiger charge is 2.19. The van der Waals surface area contributed by atoms with E-state index < -0.39 is 0 Å². The molecule has 0 radical (unpaired) electrons. The molecule has 5 nitrogen and oxygen atoms in total. The lowest BCUT2D eigenvalue weighted by atomic mass is 10.4. The Hall–Kier alpha value is -1.28. The van der Waals surface area contributed by atoms with Gasteiger partial charge in [-0.1, -0.05) is 0 Å². The summed E-state index contributed by atoms with van der Waals surface area (Å²) in [5, 5.41) is 8.40. The van der Waals surface area contributed by atoms with E-state index >= 15 is 0 Å². The Bertz CT molecular complexity index is 218. The van der Waals surface area contributed by atoms with Crippen molar-refractivity contribution in [2.24, 2.45) is 0 Å². The SMILES string of the molecule is CN(CC#N)C(=O)N1CCOCC1. The number of morpholine rings is 1. The van der Waals surface area contributed by atoms with Crippen molar-refractivity contribution in [3.63, 3.8) is 0 Å². The van der Waals surface area contributed by atoms with Crippen LogP contribution in [0.1, 0.15) is 0 Å². The highest BCUT2D eigenvalue weighted by atomic mass is 16.5. The molecule has 0 bridgehead atoms. The molecule has 13 heavy (non-hydrogen) atoms. The predicted octanol–water partition coefficient (Wildman–Crippen LogP) is -0.106. The third-order valence-corrected chi connectivity index (χ3v) is 1.92. The molecule has 0 spiro atoms. The molecule has 0 N–H and O–H groups in total. The van der Waals surface area contributed by atoms with Gasteiger partial charge in [-0.25, -0.2) is 4.79 Å². The van der Waals surface area contributed by atoms with E-state index in [4.69, 9.17) is 10.00 Å². The first-order valence-electron chi connectivity index (χ1n) is 4.20. The summed E-state index contributed by atoms with van der Waals surface area (Å²) in [5.41, 5.74) is 0. The van der Waals surface area contributed by atoms with E-state index in [1.807, 2.05) is 6.07 Å². The van der Waals surface area contributed by atoms with E-state index in [2.05, 4.69) is 0 Å². The first-order valence-corrected chi connectivity index (χ1v) is 4.20. The molecule has 1 rings (SSSR count). The number of carbonyl (C=O) groups excluding carboxylic acids is 1. The number of ether oxygens (including phenoxy) is 1. The van der Waals surface area contributed by atoms with Crippen LogP contribution in [0.25, 0.3) is 0 Å². The zero-order valence-corrected chi connectivity index (χ0v) is 7.69. The van der Waals surface area contributed by atoms with Crippen LogP contribution in [-0.4, -0.2) is 55.7 Å². The number of amides is 2. The van der Waals surface area contributed by atoms with Gasteiger partial charge in [-0.15, -0.1) is 0 Å². The standard InChI is InChI=1S/C8H13N3O2/c1-10(3-2-9)8(12)11-4-6-13-7-5-11/h3-7H2,1H3. The summed E-state index contributed by atoms with van der Waals surface area (Å²) >= 11 is 0. The smallest absolute Gasteiger partial charge is 0.320 e. The lowest BCUT2D eigenvalue weighted by Crippen LogP contribution is -2.46. The Morgan fingerprint density at radius 3 is 2.77 bits per heavy atom. The molecule has 1 heterocycles. The number of nitrogens with zero attached hydrogens (tertiary/aromatic N) is 3. The Balaban J connectivity index is 2.41. The Kier molecular flexibility index (Phi) is 3.53. The fourth-order valence-electron chi connectivity index (χ4n) is 1.17. The van der Waals surface area contributed by atoms with Gasteiger partial charge in [0.15, 0.2) is 0 Å². The van der Waals surface area contributed by atoms with Crippen molar-refractivity contribution in [2.45, 2.75) is 0 Å². The summed E-state index contributed by atoms with van der Waals surface area (Å²) in [4.78, 5) is 14.6. The van der Waals surface area contributed by atoms with Gasteiger partial charge in [-0.05, 0) is 0 Å². The van der Waals surface area contributed by atoms with Gasteiger partial charge in [0.25, 0.3) is 0 Å². The van der Waals surface area contributed by atoms with E-state index in [9.17, 15) is 4.79 Å². The summed E-state index contributed by atoms with van der Waals surface area (Å²) in [6, 6.07) is 1.84. The Morgan fingerprint density at radius 1 is 1.62 bits per heavy atom. The predicted molar refractivity (Wildman–Crippen MR) is 46.0 cm³/mol. The minimum absolute atomic E-state index is 0.0927. The maximum absolute atomic E-state index is 11.5. The van der Waals surface area contributed by atoms with Crippen LogP contribution < -0.4 is 0 Å². The van der Waals surface area contributed by atoms with E-state index in [1.54, 1.807) is 11.9 Å². The summed E-state index contributed by atoms with van der Waals surface area (Å²) in [7, 11) is 1.63. The topological polar surface area (TPSA) is 56.6 Å². The van der Waals surface area contributed by atoms with Gasteiger partial charge in [-0.2, -0.15) is 5.26 Å². The second kappa shape index (κ2) is 4.67. The molecule has 1 aliphatic heterocycles. The molecule has 2 amide bonds. The van der Waals surface area contributed by atoms with Crippen LogP contribution in [0.4, 0.5) is 4.79 Å². The highest BCUT2D eigenvalue weighted by molar-refractivity contribution is 5.74. The van der Waals surface area contributed by atoms with Crippen molar-refractivity contribution < 1.29 is 9.53 Å². The molecule has 1 fully saturated rings. The minimum atomic E-state index is -0.0927. The van der Waals surface area contributed by atoms with Crippen molar-refractivity contribution in [2.75, 3.05) is 39.9 Å². The zero-order valence-electron chi connectivity index (χ0n) is 7.69. The van der Waals surface area contributed by atoms with Crippen molar-refractivity contribution in [1.82, 2.24) is 9.80 Å². The van der Waals surface area contributed by atoms with Gasteiger partial charge in [0.05, 0.1) is 19.3 Å². The van der Waals surface area contributed by atoms with Crippen LogP contribution in [0.3, 0.4) is 0 Å². The second-order valence-electron chi connectivity index (χ2n) is 2.90. The largest absolute Gasteiger partial charge is 0.378 e. The molecule has 1 aliphatic rings. The van der Waals surface area contributed by atoms with E-state index in [0.29, 0.717) is 26.3 Å². The first-order chi connectivity index (χ1) is 6.25. The van der Waals surface area contributed by atoms with Crippen LogP contribution in [0, 0.1) is 11.3 Å². The van der Waals surface area contributed by atoms with Gasteiger partial charge in [0.2, 0.25) is 0 Å². The third-order valence-electron chi connectivity index (χ3n) is 1.92. The van der Waals surface area contributed by atoms with E-state index in [1.165, 1.54) is 4.90 Å². The fraction of sp³-hybridized carbons (Fsp3) is 0.750. The van der Waals surface area contributed by atoms with Gasteiger partial charge in [0.1, 0.15) is 6.54 Å². The zero-order chi connectivity index (χ0) is 9.68. The van der Waals surface area contributed by atoms with Crippen molar-refractivity contribution in [3.8, 4) is 6.07 Å². The van der Waals surface area contributed by atoms with Crippen molar-refractivity contribution in [1.29, 1.82) is 5.26 Å². The van der Waals surface area contributed by atoms with Crippen LogP contribution >= 0.6 is 0 Å². The maximum atomic E-state index is 11.5. The molecule has 5 heteroatoms. The average molecular weight is 183 g/mol. The Labute approximate surface area is 77.5 Å². The van der Waals surface area contributed by atoms with Crippen LogP contribution in [0.5, 0.6) is 0 Å². The molecule has 1 saturated heterocycles. The molecule has 0 aliphatic carbocycles. The molecule has 0 unspecified atom stereocenters. The van der Waals surface area contributed by atoms with Gasteiger partial charge in [0, 0.05) is 20.1 Å². The monoisotopic (exact) mass is 183 g/mol. The van der Waals surface area contributed by atoms with Crippen LogP contribution in [0.15, 0.2) is 0 Å². The number of hydrogen-bond acceptors (Lipinski definition) is 3. The second-order valence-corrected chi connectivity index (χ2v) is 2.90. The highest BCUT2D eigenvalue weighted by Crippen LogP contribution is 2.00. The third kappa shape index (κ3) is 2.60. The maximum Gasteiger partial charge on any atom is 0.320 e. The molecular weight excluding hydrogens is 170 g/mol. The molecule has 0 aromatic heterocycles. The van der Waals surface area contributed by atoms with Crippen molar-refractivity contribution in [3.05, 3.63) is 0 Å². The average Bonchev–Trinajstić information content (AvgIpc) is 2.18. The van der Waals surface area contributed by atoms with Gasteiger partial charge in [-0.3, -0.25) is 0 Å². The van der Waals surface area contributed by atoms with Gasteiger partial charge < -0.3 is 14.5 Å². The van der Waals surface area contributed by atoms with E-state index in [0.717, 1.165) is 0 Å². The normalized spacial score (nSPS) is 16.5. The number of carbonyl (C=O) groups is 1. The van der Waals surface area contributed by atoms with Crippen LogP contribution in [0.2, 0.25) is 0 Å².